The molecule has 20 heavy (non-hydrogen) atoms. The van der Waals surface area contributed by atoms with Crippen molar-refractivity contribution in [1.82, 2.24) is 0 Å². The maximum atomic E-state index is 13.2. The molecule has 0 aliphatic rings. The number of hydrogen-bond donors (Lipinski definition) is 1. The molecule has 5 heteroatoms. The first-order chi connectivity index (χ1) is 9.54. The topological polar surface area (TPSA) is 52.3 Å². The molecule has 0 atom stereocenters. The van der Waals surface area contributed by atoms with Crippen molar-refractivity contribution in [3.05, 3.63) is 57.8 Å². The van der Waals surface area contributed by atoms with Crippen molar-refractivity contribution in [2.45, 2.75) is 6.92 Å². The first-order valence-electron chi connectivity index (χ1n) is 6.05. The summed E-state index contributed by atoms with van der Waals surface area (Å²) in [6, 6.07) is 9.11. The van der Waals surface area contributed by atoms with Gasteiger partial charge in [0.1, 0.15) is 5.82 Å². The number of para-hydroxylation sites is 1. The number of benzene rings is 2. The van der Waals surface area contributed by atoms with Crippen molar-refractivity contribution >= 4 is 27.4 Å². The molecular weight excluding hydrogens is 325 g/mol. The number of ketones is 1. The van der Waals surface area contributed by atoms with Crippen LogP contribution >= 0.6 is 15.9 Å². The van der Waals surface area contributed by atoms with Crippen LogP contribution in [0.2, 0.25) is 0 Å². The fraction of sp³-hybridized carbons (Fsp3) is 0.133. The number of halogens is 2. The van der Waals surface area contributed by atoms with E-state index in [0.29, 0.717) is 29.2 Å². The van der Waals surface area contributed by atoms with Gasteiger partial charge in [0.05, 0.1) is 22.3 Å². The maximum absolute atomic E-state index is 13.2. The minimum Gasteiger partial charge on any atom is -0.491 e. The molecular formula is C15H13BrFNO2. The van der Waals surface area contributed by atoms with Gasteiger partial charge in [-0.25, -0.2) is 4.39 Å². The van der Waals surface area contributed by atoms with Gasteiger partial charge in [-0.2, -0.15) is 0 Å². The van der Waals surface area contributed by atoms with E-state index in [4.69, 9.17) is 10.5 Å². The maximum Gasteiger partial charge on any atom is 0.196 e. The monoisotopic (exact) mass is 337 g/mol. The second-order valence-electron chi connectivity index (χ2n) is 4.11. The van der Waals surface area contributed by atoms with Crippen molar-refractivity contribution in [3.63, 3.8) is 0 Å². The van der Waals surface area contributed by atoms with E-state index in [1.165, 1.54) is 18.2 Å². The van der Waals surface area contributed by atoms with Crippen LogP contribution in [0, 0.1) is 5.82 Å². The zero-order chi connectivity index (χ0) is 14.7. The van der Waals surface area contributed by atoms with Crippen LogP contribution in [0.1, 0.15) is 22.8 Å². The van der Waals surface area contributed by atoms with Crippen LogP contribution in [0.25, 0.3) is 0 Å². The van der Waals surface area contributed by atoms with Gasteiger partial charge in [-0.05, 0) is 53.2 Å². The molecule has 2 rings (SSSR count). The SMILES string of the molecule is CCOc1c(N)cccc1C(=O)c1ccc(F)c(Br)c1. The van der Waals surface area contributed by atoms with E-state index in [9.17, 15) is 9.18 Å². The molecule has 0 saturated carbocycles. The van der Waals surface area contributed by atoms with Gasteiger partial charge < -0.3 is 10.5 Å². The third-order valence-corrected chi connectivity index (χ3v) is 3.37. The standard InChI is InChI=1S/C15H13BrFNO2/c1-2-20-15-10(4-3-5-13(15)18)14(19)9-6-7-12(17)11(16)8-9/h3-8H,2,18H2,1H3. The number of nitrogen functional groups attached to an aromatic ring is 1. The highest BCUT2D eigenvalue weighted by atomic mass is 79.9. The van der Waals surface area contributed by atoms with Crippen LogP contribution in [0.4, 0.5) is 10.1 Å². The van der Waals surface area contributed by atoms with Gasteiger partial charge in [-0.1, -0.05) is 6.07 Å². The lowest BCUT2D eigenvalue weighted by molar-refractivity contribution is 0.103. The number of anilines is 1. The largest absolute Gasteiger partial charge is 0.491 e. The lowest BCUT2D eigenvalue weighted by Crippen LogP contribution is -2.07. The summed E-state index contributed by atoms with van der Waals surface area (Å²) >= 11 is 3.07. The Balaban J connectivity index is 2.47. The van der Waals surface area contributed by atoms with Gasteiger partial charge in [-0.3, -0.25) is 4.79 Å². The quantitative estimate of drug-likeness (QED) is 0.681. The van der Waals surface area contributed by atoms with Crippen molar-refractivity contribution in [2.75, 3.05) is 12.3 Å². The fourth-order valence-corrected chi connectivity index (χ4v) is 2.21. The number of nitrogens with two attached hydrogens (primary N) is 1. The molecule has 0 heterocycles. The third-order valence-electron chi connectivity index (χ3n) is 2.76. The average Bonchev–Trinajstić information content (AvgIpc) is 2.43. The minimum absolute atomic E-state index is 0.241. The van der Waals surface area contributed by atoms with Crippen LogP contribution in [-0.2, 0) is 0 Å². The Morgan fingerprint density at radius 2 is 2.10 bits per heavy atom. The highest BCUT2D eigenvalue weighted by molar-refractivity contribution is 9.10. The van der Waals surface area contributed by atoms with Gasteiger partial charge in [0, 0.05) is 5.56 Å². The molecule has 104 valence electrons. The normalized spacial score (nSPS) is 10.3. The Kier molecular flexibility index (Phi) is 4.39. The molecule has 0 amide bonds. The van der Waals surface area contributed by atoms with E-state index in [1.54, 1.807) is 18.2 Å². The Morgan fingerprint density at radius 3 is 2.75 bits per heavy atom. The second kappa shape index (κ2) is 6.05. The molecule has 0 fully saturated rings. The van der Waals surface area contributed by atoms with E-state index < -0.39 is 5.82 Å². The zero-order valence-electron chi connectivity index (χ0n) is 10.8. The van der Waals surface area contributed by atoms with Crippen LogP contribution in [-0.4, -0.2) is 12.4 Å². The molecule has 0 radical (unpaired) electrons. The third kappa shape index (κ3) is 2.82. The molecule has 2 aromatic carbocycles. The summed E-state index contributed by atoms with van der Waals surface area (Å²) in [5, 5.41) is 0. The first kappa shape index (κ1) is 14.5. The number of carbonyl (C=O) groups is 1. The van der Waals surface area contributed by atoms with Gasteiger partial charge in [-0.15, -0.1) is 0 Å². The Hall–Kier alpha value is -1.88. The van der Waals surface area contributed by atoms with Crippen molar-refractivity contribution in [2.24, 2.45) is 0 Å². The van der Waals surface area contributed by atoms with Crippen molar-refractivity contribution < 1.29 is 13.9 Å². The van der Waals surface area contributed by atoms with Crippen molar-refractivity contribution in [1.29, 1.82) is 0 Å². The van der Waals surface area contributed by atoms with E-state index in [0.717, 1.165) is 0 Å². The molecule has 0 aliphatic carbocycles. The summed E-state index contributed by atoms with van der Waals surface area (Å²) in [6.45, 7) is 2.22. The van der Waals surface area contributed by atoms with Gasteiger partial charge in [0.15, 0.2) is 11.5 Å². The molecule has 0 bridgehead atoms. The number of rotatable bonds is 4. The van der Waals surface area contributed by atoms with Crippen molar-refractivity contribution in [3.8, 4) is 5.75 Å². The summed E-state index contributed by atoms with van der Waals surface area (Å²) in [7, 11) is 0. The highest BCUT2D eigenvalue weighted by Crippen LogP contribution is 2.29. The van der Waals surface area contributed by atoms with Crippen LogP contribution in [0.5, 0.6) is 5.75 Å². The Labute approximate surface area is 124 Å². The molecule has 0 aliphatic heterocycles. The smallest absolute Gasteiger partial charge is 0.196 e. The van der Waals surface area contributed by atoms with E-state index in [-0.39, 0.29) is 10.3 Å². The van der Waals surface area contributed by atoms with Crippen LogP contribution in [0.15, 0.2) is 40.9 Å². The summed E-state index contributed by atoms with van der Waals surface area (Å²) in [4.78, 5) is 12.5. The number of hydrogen-bond acceptors (Lipinski definition) is 3. The predicted molar refractivity (Wildman–Crippen MR) is 79.6 cm³/mol. The molecule has 0 spiro atoms. The molecule has 2 N–H and O–H groups in total. The number of carbonyl (C=O) groups excluding carboxylic acids is 1. The fourth-order valence-electron chi connectivity index (χ4n) is 1.83. The molecule has 0 unspecified atom stereocenters. The predicted octanol–water partition coefficient (Wildman–Crippen LogP) is 3.80. The van der Waals surface area contributed by atoms with Gasteiger partial charge in [0.25, 0.3) is 0 Å². The number of ether oxygens (including phenoxy) is 1. The van der Waals surface area contributed by atoms with E-state index in [1.807, 2.05) is 6.92 Å². The second-order valence-corrected chi connectivity index (χ2v) is 4.97. The average molecular weight is 338 g/mol. The van der Waals surface area contributed by atoms with Gasteiger partial charge in [0.2, 0.25) is 0 Å². The minimum atomic E-state index is -0.417. The van der Waals surface area contributed by atoms with Crippen LogP contribution < -0.4 is 10.5 Å². The summed E-state index contributed by atoms with van der Waals surface area (Å²) in [6.07, 6.45) is 0. The zero-order valence-corrected chi connectivity index (χ0v) is 12.4. The lowest BCUT2D eigenvalue weighted by atomic mass is 10.0. The molecule has 3 nitrogen and oxygen atoms in total. The van der Waals surface area contributed by atoms with E-state index in [2.05, 4.69) is 15.9 Å². The van der Waals surface area contributed by atoms with Gasteiger partial charge >= 0.3 is 0 Å². The molecule has 0 saturated heterocycles. The highest BCUT2D eigenvalue weighted by Gasteiger charge is 2.17. The molecule has 0 aromatic heterocycles. The Bertz CT molecular complexity index is 658. The summed E-state index contributed by atoms with van der Waals surface area (Å²) in [5.41, 5.74) is 6.96. The molecule has 2 aromatic rings. The van der Waals surface area contributed by atoms with E-state index >= 15 is 0 Å². The first-order valence-corrected chi connectivity index (χ1v) is 6.85. The summed E-state index contributed by atoms with van der Waals surface area (Å²) in [5.74, 6) is -0.318. The van der Waals surface area contributed by atoms with Crippen LogP contribution in [0.3, 0.4) is 0 Å². The Morgan fingerprint density at radius 1 is 1.35 bits per heavy atom. The lowest BCUT2D eigenvalue weighted by Gasteiger charge is -2.12. The summed E-state index contributed by atoms with van der Waals surface area (Å²) < 4.78 is 18.9.